The van der Waals surface area contributed by atoms with Gasteiger partial charge in [-0.1, -0.05) is 39.0 Å². The summed E-state index contributed by atoms with van der Waals surface area (Å²) in [5.41, 5.74) is 1.30. The molecule has 0 aromatic rings. The van der Waals surface area contributed by atoms with Crippen molar-refractivity contribution >= 4 is 31.2 Å². The first-order chi connectivity index (χ1) is 9.08. The molecule has 1 heterocycles. The van der Waals surface area contributed by atoms with E-state index in [9.17, 15) is 0 Å². The zero-order valence-electron chi connectivity index (χ0n) is 11.9. The third-order valence-electron chi connectivity index (χ3n) is 3.72. The Hall–Kier alpha value is 0.0783. The van der Waals surface area contributed by atoms with Crippen molar-refractivity contribution in [3.05, 3.63) is 21.5 Å². The number of hydrogen-bond donors (Lipinski definition) is 0. The van der Waals surface area contributed by atoms with Crippen LogP contribution in [0.1, 0.15) is 39.5 Å². The predicted octanol–water partition coefficient (Wildman–Crippen LogP) is 3.29. The Kier molecular flexibility index (Phi) is 7.71. The maximum absolute atomic E-state index is 5.56. The van der Waals surface area contributed by atoms with E-state index >= 15 is 0 Å². The van der Waals surface area contributed by atoms with Gasteiger partial charge in [0.1, 0.15) is 0 Å². The molecule has 2 bridgehead atoms. The molecule has 0 spiro atoms. The van der Waals surface area contributed by atoms with Gasteiger partial charge in [0.2, 0.25) is 0 Å². The molecule has 20 heavy (non-hydrogen) atoms. The van der Waals surface area contributed by atoms with E-state index in [0.29, 0.717) is 5.92 Å². The predicted molar refractivity (Wildman–Crippen MR) is 83.6 cm³/mol. The average Bonchev–Trinajstić information content (AvgIpc) is 3.02. The molecule has 0 amide bonds. The zero-order valence-corrected chi connectivity index (χ0v) is 15.8. The van der Waals surface area contributed by atoms with Gasteiger partial charge >= 0.3 is 0 Å². The van der Waals surface area contributed by atoms with E-state index in [2.05, 4.69) is 36.3 Å². The summed E-state index contributed by atoms with van der Waals surface area (Å²) < 4.78 is 5.56. The molecule has 1 aliphatic heterocycles. The van der Waals surface area contributed by atoms with E-state index < -0.39 is 0 Å². The van der Waals surface area contributed by atoms with Gasteiger partial charge in [0.15, 0.2) is 0 Å². The molecule has 0 radical (unpaired) electrons. The Morgan fingerprint density at radius 2 is 1.95 bits per heavy atom. The van der Waals surface area contributed by atoms with Crippen molar-refractivity contribution < 1.29 is 25.8 Å². The summed E-state index contributed by atoms with van der Waals surface area (Å²) in [5.74, 6) is 2.36. The van der Waals surface area contributed by atoms with Crippen LogP contribution in [0.15, 0.2) is 20.4 Å². The number of fused-ring (bicyclic) bond motifs is 2. The first-order valence-corrected chi connectivity index (χ1v) is 7.72. The maximum atomic E-state index is 5.56. The fourth-order valence-electron chi connectivity index (χ4n) is 2.57. The Morgan fingerprint density at radius 3 is 2.35 bits per heavy atom. The van der Waals surface area contributed by atoms with Gasteiger partial charge in [-0.3, -0.25) is 6.08 Å². The molecule has 0 N–H and O–H groups in total. The van der Waals surface area contributed by atoms with Crippen LogP contribution in [0, 0.1) is 17.9 Å². The molecule has 2 atom stereocenters. The minimum absolute atomic E-state index is 0. The molecule has 2 aliphatic carbocycles. The Bertz CT molecular complexity index is 414. The molecule has 1 saturated carbocycles. The van der Waals surface area contributed by atoms with Crippen LogP contribution in [0.4, 0.5) is 0 Å². The van der Waals surface area contributed by atoms with Gasteiger partial charge in [-0.15, -0.1) is 0 Å². The van der Waals surface area contributed by atoms with Gasteiger partial charge in [-0.25, -0.2) is 9.81 Å². The molecule has 2 unspecified atom stereocenters. The van der Waals surface area contributed by atoms with Crippen LogP contribution in [-0.4, -0.2) is 19.0 Å². The van der Waals surface area contributed by atoms with E-state index in [1.807, 2.05) is 13.8 Å². The molecule has 0 saturated heterocycles. The van der Waals surface area contributed by atoms with Crippen LogP contribution in [0.2, 0.25) is 0 Å². The molecule has 2 nitrogen and oxygen atoms in total. The van der Waals surface area contributed by atoms with Crippen molar-refractivity contribution in [3.8, 4) is 0 Å². The van der Waals surface area contributed by atoms with Gasteiger partial charge < -0.3 is 35.0 Å². The van der Waals surface area contributed by atoms with Crippen LogP contribution in [-0.2, 0) is 51.1 Å². The molecule has 1 fully saturated rings. The third-order valence-corrected chi connectivity index (χ3v) is 4.46. The normalized spacial score (nSPS) is 28.1. The molecular formula is C15H20NOPtS2-3. The molecule has 3 rings (SSSR count). The first-order valence-electron chi connectivity index (χ1n) is 6.90. The maximum Gasteiger partial charge on any atom is 0.0680 e. The second-order valence-corrected chi connectivity index (χ2v) is 6.49. The number of ether oxygens (including phenoxy) is 1. The summed E-state index contributed by atoms with van der Waals surface area (Å²) in [6.07, 6.45) is 8.56. The minimum Gasteiger partial charge on any atom is -0.786 e. The fraction of sp³-hybridized carbons (Fsp3) is 0.667. The molecular weight excluding hydrogens is 469 g/mol. The first kappa shape index (κ1) is 18.1. The number of allylic oxidation sites excluding steroid dienone is 3. The van der Waals surface area contributed by atoms with Gasteiger partial charge in [0, 0.05) is 27.6 Å². The smallest absolute Gasteiger partial charge is 0.0680 e. The van der Waals surface area contributed by atoms with Gasteiger partial charge in [0.25, 0.3) is 0 Å². The van der Waals surface area contributed by atoms with Gasteiger partial charge in [-0.2, -0.15) is 5.57 Å². The molecule has 116 valence electrons. The fourth-order valence-corrected chi connectivity index (χ4v) is 2.57. The molecule has 0 aromatic carbocycles. The van der Waals surface area contributed by atoms with Crippen LogP contribution < -0.4 is 0 Å². The van der Waals surface area contributed by atoms with E-state index in [1.165, 1.54) is 24.8 Å². The van der Waals surface area contributed by atoms with Crippen LogP contribution >= 0.6 is 0 Å². The Labute approximate surface area is 147 Å². The SMILES string of the molecule is C/C([S-])=C(\C)[S-].[C-]1=C(C2=NCCCO2)C2CCC1C2.[Pt]. The van der Waals surface area contributed by atoms with Crippen molar-refractivity contribution in [2.75, 3.05) is 13.2 Å². The summed E-state index contributed by atoms with van der Waals surface area (Å²) in [7, 11) is 0. The second-order valence-electron chi connectivity index (χ2n) is 5.27. The Morgan fingerprint density at radius 1 is 1.25 bits per heavy atom. The van der Waals surface area contributed by atoms with E-state index in [4.69, 9.17) is 4.74 Å². The summed E-state index contributed by atoms with van der Waals surface area (Å²) >= 11 is 9.36. The van der Waals surface area contributed by atoms with Gasteiger partial charge in [-0.05, 0) is 12.3 Å². The van der Waals surface area contributed by atoms with Crippen molar-refractivity contribution in [1.82, 2.24) is 0 Å². The summed E-state index contributed by atoms with van der Waals surface area (Å²) in [6, 6.07) is 0. The monoisotopic (exact) mass is 489 g/mol. The van der Waals surface area contributed by atoms with E-state index in [1.54, 1.807) is 0 Å². The number of hydrogen-bond acceptors (Lipinski definition) is 4. The zero-order chi connectivity index (χ0) is 13.8. The van der Waals surface area contributed by atoms with Crippen LogP contribution in [0.25, 0.3) is 0 Å². The number of nitrogens with zero attached hydrogens (tertiary/aromatic N) is 1. The van der Waals surface area contributed by atoms with Crippen molar-refractivity contribution in [2.24, 2.45) is 16.8 Å². The van der Waals surface area contributed by atoms with Crippen molar-refractivity contribution in [3.63, 3.8) is 0 Å². The second kappa shape index (κ2) is 8.50. The Balaban J connectivity index is 0.000000250. The standard InChI is InChI=1S/C11H14NO.C4H8S2.Pt/c1-4-12-11(13-5-1)10-7-8-2-3-9(10)6-8;1-3(5)4(2)6;/h8-9H,1-6H2;5-6H,1-2H3;/q-1;;/p-2/b;4-3-;. The molecule has 5 heteroatoms. The quantitative estimate of drug-likeness (QED) is 0.417. The third kappa shape index (κ3) is 4.82. The topological polar surface area (TPSA) is 21.6 Å². The molecule has 0 aromatic heterocycles. The summed E-state index contributed by atoms with van der Waals surface area (Å²) in [6.45, 7) is 5.45. The van der Waals surface area contributed by atoms with Crippen LogP contribution in [0.5, 0.6) is 0 Å². The number of rotatable bonds is 1. The van der Waals surface area contributed by atoms with Crippen LogP contribution in [0.3, 0.4) is 0 Å². The number of aliphatic imine (C=N–C) groups is 1. The van der Waals surface area contributed by atoms with E-state index in [0.717, 1.165) is 41.2 Å². The van der Waals surface area contributed by atoms with Gasteiger partial charge in [0.05, 0.1) is 12.5 Å². The molecule has 3 aliphatic rings. The summed E-state index contributed by atoms with van der Waals surface area (Å²) in [4.78, 5) is 6.07. The average molecular weight is 490 g/mol. The van der Waals surface area contributed by atoms with E-state index in [-0.39, 0.29) is 21.1 Å². The van der Waals surface area contributed by atoms with Crippen molar-refractivity contribution in [1.29, 1.82) is 0 Å². The van der Waals surface area contributed by atoms with Crippen molar-refractivity contribution in [2.45, 2.75) is 39.5 Å². The summed E-state index contributed by atoms with van der Waals surface area (Å²) in [5, 5.41) is 0. The largest absolute Gasteiger partial charge is 0.786 e. The minimum atomic E-state index is 0.